The first-order valence-electron chi connectivity index (χ1n) is 5.52. The van der Waals surface area contributed by atoms with Crippen LogP contribution >= 0.6 is 0 Å². The summed E-state index contributed by atoms with van der Waals surface area (Å²) in [6, 6.07) is 2.17. The Kier molecular flexibility index (Phi) is 3.64. The number of aromatic amines is 2. The van der Waals surface area contributed by atoms with E-state index < -0.39 is 43.5 Å². The molecule has 3 N–H and O–H groups in total. The summed E-state index contributed by atoms with van der Waals surface area (Å²) in [6.07, 6.45) is 0. The Morgan fingerprint density at radius 2 is 1.81 bits per heavy atom. The molecule has 0 atom stereocenters. The van der Waals surface area contributed by atoms with Gasteiger partial charge in [0.05, 0.1) is 5.69 Å². The highest BCUT2D eigenvalue weighted by Crippen LogP contribution is 2.19. The number of rotatable bonds is 3. The van der Waals surface area contributed by atoms with Crippen molar-refractivity contribution in [1.82, 2.24) is 9.97 Å². The van der Waals surface area contributed by atoms with Crippen LogP contribution in [0.15, 0.2) is 32.7 Å². The fourth-order valence-corrected chi connectivity index (χ4v) is 2.98. The maximum Gasteiger partial charge on any atom is 0.325 e. The number of H-pyrrole nitrogens is 2. The van der Waals surface area contributed by atoms with Crippen molar-refractivity contribution in [3.8, 4) is 0 Å². The third kappa shape index (κ3) is 2.99. The Balaban J connectivity index is 2.56. The van der Waals surface area contributed by atoms with Crippen molar-refractivity contribution in [1.29, 1.82) is 0 Å². The standard InChI is InChI=1S/C11H9F2N3O4S/c1-5-9(10(17)15-11(18)14-5)21(19,20)16-8-4-6(12)2-3-7(8)13/h2-4,16H,1H3,(H2,14,15,17,18). The lowest BCUT2D eigenvalue weighted by Gasteiger charge is -2.09. The lowest BCUT2D eigenvalue weighted by atomic mass is 10.3. The predicted molar refractivity (Wildman–Crippen MR) is 69.6 cm³/mol. The number of anilines is 1. The fourth-order valence-electron chi connectivity index (χ4n) is 1.68. The molecular weight excluding hydrogens is 308 g/mol. The van der Waals surface area contributed by atoms with Crippen LogP contribution in [0.3, 0.4) is 0 Å². The van der Waals surface area contributed by atoms with Gasteiger partial charge in [-0.2, -0.15) is 0 Å². The molecule has 2 rings (SSSR count). The Bertz CT molecular complexity index is 918. The van der Waals surface area contributed by atoms with E-state index in [9.17, 15) is 26.8 Å². The molecular formula is C11H9F2N3O4S. The van der Waals surface area contributed by atoms with Crippen molar-refractivity contribution in [2.45, 2.75) is 11.8 Å². The van der Waals surface area contributed by atoms with Crippen LogP contribution in [0.25, 0.3) is 0 Å². The molecule has 7 nitrogen and oxygen atoms in total. The summed E-state index contributed by atoms with van der Waals surface area (Å²) in [4.78, 5) is 25.7. The molecule has 0 fully saturated rings. The van der Waals surface area contributed by atoms with E-state index >= 15 is 0 Å². The number of hydrogen-bond donors (Lipinski definition) is 3. The highest BCUT2D eigenvalue weighted by Gasteiger charge is 2.23. The molecule has 1 heterocycles. The normalized spacial score (nSPS) is 11.4. The highest BCUT2D eigenvalue weighted by molar-refractivity contribution is 7.92. The number of hydrogen-bond acceptors (Lipinski definition) is 4. The summed E-state index contributed by atoms with van der Waals surface area (Å²) in [6.45, 7) is 1.19. The van der Waals surface area contributed by atoms with Crippen LogP contribution in [-0.2, 0) is 10.0 Å². The van der Waals surface area contributed by atoms with Crippen LogP contribution in [0, 0.1) is 18.6 Å². The minimum absolute atomic E-state index is 0.229. The average Bonchev–Trinajstić information content (AvgIpc) is 2.31. The maximum atomic E-state index is 13.4. The van der Waals surface area contributed by atoms with Gasteiger partial charge in [-0.1, -0.05) is 0 Å². The molecule has 1 aromatic heterocycles. The van der Waals surface area contributed by atoms with E-state index in [1.165, 1.54) is 6.92 Å². The van der Waals surface area contributed by atoms with Gasteiger partial charge in [0.15, 0.2) is 4.90 Å². The van der Waals surface area contributed by atoms with Crippen LogP contribution in [0.4, 0.5) is 14.5 Å². The third-order valence-electron chi connectivity index (χ3n) is 2.52. The summed E-state index contributed by atoms with van der Waals surface area (Å²) >= 11 is 0. The van der Waals surface area contributed by atoms with Gasteiger partial charge in [-0.25, -0.2) is 22.0 Å². The van der Waals surface area contributed by atoms with Gasteiger partial charge in [-0.05, 0) is 19.1 Å². The molecule has 0 spiro atoms. The second-order valence-electron chi connectivity index (χ2n) is 4.09. The van der Waals surface area contributed by atoms with Crippen LogP contribution in [0.2, 0.25) is 0 Å². The largest absolute Gasteiger partial charge is 0.325 e. The molecule has 0 saturated carbocycles. The molecule has 0 radical (unpaired) electrons. The molecule has 0 amide bonds. The SMILES string of the molecule is Cc1[nH]c(=O)[nH]c(=O)c1S(=O)(=O)Nc1cc(F)ccc1F. The zero-order valence-electron chi connectivity index (χ0n) is 10.5. The van der Waals surface area contributed by atoms with E-state index in [2.05, 4.69) is 4.98 Å². The van der Waals surface area contributed by atoms with Crippen molar-refractivity contribution in [2.24, 2.45) is 0 Å². The molecule has 10 heteroatoms. The Morgan fingerprint density at radius 1 is 1.14 bits per heavy atom. The minimum atomic E-state index is -4.50. The van der Waals surface area contributed by atoms with Crippen molar-refractivity contribution in [2.75, 3.05) is 4.72 Å². The predicted octanol–water partition coefficient (Wildman–Crippen LogP) is 0.451. The molecule has 2 aromatic rings. The molecule has 112 valence electrons. The first-order chi connectivity index (χ1) is 9.70. The smallest absolute Gasteiger partial charge is 0.310 e. The van der Waals surface area contributed by atoms with Gasteiger partial charge in [0.1, 0.15) is 11.6 Å². The molecule has 0 saturated heterocycles. The van der Waals surface area contributed by atoms with Gasteiger partial charge < -0.3 is 4.98 Å². The van der Waals surface area contributed by atoms with E-state index in [4.69, 9.17) is 0 Å². The Labute approximate surface area is 116 Å². The summed E-state index contributed by atoms with van der Waals surface area (Å²) in [5.74, 6) is -1.88. The second kappa shape index (κ2) is 5.13. The zero-order valence-corrected chi connectivity index (χ0v) is 11.3. The van der Waals surface area contributed by atoms with Crippen LogP contribution in [0.5, 0.6) is 0 Å². The fraction of sp³-hybridized carbons (Fsp3) is 0.0909. The van der Waals surface area contributed by atoms with Gasteiger partial charge in [0, 0.05) is 11.8 Å². The van der Waals surface area contributed by atoms with Gasteiger partial charge >= 0.3 is 5.69 Å². The number of aromatic nitrogens is 2. The van der Waals surface area contributed by atoms with Crippen LogP contribution in [0.1, 0.15) is 5.69 Å². The maximum absolute atomic E-state index is 13.4. The number of benzene rings is 1. The zero-order chi connectivity index (χ0) is 15.8. The van der Waals surface area contributed by atoms with E-state index in [0.29, 0.717) is 6.07 Å². The monoisotopic (exact) mass is 317 g/mol. The topological polar surface area (TPSA) is 112 Å². The summed E-state index contributed by atoms with van der Waals surface area (Å²) in [5.41, 5.74) is -2.93. The second-order valence-corrected chi connectivity index (χ2v) is 5.71. The first kappa shape index (κ1) is 14.9. The van der Waals surface area contributed by atoms with Crippen molar-refractivity contribution >= 4 is 15.7 Å². The molecule has 0 bridgehead atoms. The van der Waals surface area contributed by atoms with E-state index in [0.717, 1.165) is 12.1 Å². The molecule has 0 unspecified atom stereocenters. The minimum Gasteiger partial charge on any atom is -0.310 e. The summed E-state index contributed by atoms with van der Waals surface area (Å²) in [5, 5.41) is 0. The molecule has 21 heavy (non-hydrogen) atoms. The summed E-state index contributed by atoms with van der Waals surface area (Å²) in [7, 11) is -4.50. The lowest BCUT2D eigenvalue weighted by Crippen LogP contribution is -2.31. The Morgan fingerprint density at radius 3 is 2.43 bits per heavy atom. The van der Waals surface area contributed by atoms with Gasteiger partial charge in [0.2, 0.25) is 0 Å². The van der Waals surface area contributed by atoms with Crippen molar-refractivity contribution in [3.05, 3.63) is 56.4 Å². The number of nitrogens with one attached hydrogen (secondary N) is 3. The van der Waals surface area contributed by atoms with Gasteiger partial charge in [-0.15, -0.1) is 0 Å². The van der Waals surface area contributed by atoms with Crippen LogP contribution in [-0.4, -0.2) is 18.4 Å². The van der Waals surface area contributed by atoms with Gasteiger partial charge in [-0.3, -0.25) is 14.5 Å². The number of halogens is 2. The molecule has 0 aliphatic rings. The quantitative estimate of drug-likeness (QED) is 0.763. The molecule has 1 aromatic carbocycles. The highest BCUT2D eigenvalue weighted by atomic mass is 32.2. The third-order valence-corrected chi connectivity index (χ3v) is 4.03. The molecule has 0 aliphatic carbocycles. The van der Waals surface area contributed by atoms with Crippen molar-refractivity contribution < 1.29 is 17.2 Å². The van der Waals surface area contributed by atoms with E-state index in [1.807, 2.05) is 0 Å². The Hall–Kier alpha value is -2.49. The first-order valence-corrected chi connectivity index (χ1v) is 7.00. The lowest BCUT2D eigenvalue weighted by molar-refractivity contribution is 0.592. The number of sulfonamides is 1. The van der Waals surface area contributed by atoms with Crippen molar-refractivity contribution in [3.63, 3.8) is 0 Å². The molecule has 0 aliphatic heterocycles. The van der Waals surface area contributed by atoms with E-state index in [1.54, 1.807) is 9.71 Å². The summed E-state index contributed by atoms with van der Waals surface area (Å²) < 4.78 is 52.4. The average molecular weight is 317 g/mol. The number of aryl methyl sites for hydroxylation is 1. The van der Waals surface area contributed by atoms with Gasteiger partial charge in [0.25, 0.3) is 15.6 Å². The van der Waals surface area contributed by atoms with E-state index in [-0.39, 0.29) is 5.69 Å². The van der Waals surface area contributed by atoms with Crippen LogP contribution < -0.4 is 16.0 Å².